The van der Waals surface area contributed by atoms with Crippen LogP contribution in [0.5, 0.6) is 0 Å². The largest absolute Gasteiger partial charge is 0.465 e. The second-order valence-corrected chi connectivity index (χ2v) is 7.58. The third-order valence-corrected chi connectivity index (χ3v) is 6.17. The lowest BCUT2D eigenvalue weighted by atomic mass is 10.2. The van der Waals surface area contributed by atoms with E-state index in [2.05, 4.69) is 0 Å². The van der Waals surface area contributed by atoms with E-state index in [1.165, 1.54) is 0 Å². The van der Waals surface area contributed by atoms with E-state index >= 15 is 0 Å². The van der Waals surface area contributed by atoms with Gasteiger partial charge in [0, 0.05) is 5.30 Å². The molecule has 0 aromatic heterocycles. The quantitative estimate of drug-likeness (QED) is 0.595. The number of carbonyl (C=O) groups excluding carboxylic acids is 1. The molecule has 0 N–H and O–H groups in total. The molecule has 1 aromatic carbocycles. The first-order valence-corrected chi connectivity index (χ1v) is 8.00. The molecule has 0 aliphatic heterocycles. The molecule has 0 fully saturated rings. The van der Waals surface area contributed by atoms with Crippen molar-refractivity contribution in [2.75, 3.05) is 13.2 Å². The standard InChI is InChI=1S/C14H21O4P/c1-5-17-13(15)14(3,4)19(16,18-6-2)12-10-8-7-9-11-12/h7-11H,5-6H2,1-4H3. The van der Waals surface area contributed by atoms with Gasteiger partial charge in [0.1, 0.15) is 5.16 Å². The number of ether oxygens (including phenoxy) is 1. The van der Waals surface area contributed by atoms with Gasteiger partial charge in [0.05, 0.1) is 13.2 Å². The van der Waals surface area contributed by atoms with Gasteiger partial charge in [0.2, 0.25) is 7.37 Å². The summed E-state index contributed by atoms with van der Waals surface area (Å²) in [7, 11) is -3.34. The van der Waals surface area contributed by atoms with Crippen LogP contribution in [0.15, 0.2) is 30.3 Å². The molecule has 1 unspecified atom stereocenters. The smallest absolute Gasteiger partial charge is 0.321 e. The molecule has 1 atom stereocenters. The van der Waals surface area contributed by atoms with Crippen molar-refractivity contribution in [3.05, 3.63) is 30.3 Å². The number of esters is 1. The van der Waals surface area contributed by atoms with Gasteiger partial charge in [-0.1, -0.05) is 18.2 Å². The lowest BCUT2D eigenvalue weighted by molar-refractivity contribution is -0.145. The Balaban J connectivity index is 3.27. The van der Waals surface area contributed by atoms with Gasteiger partial charge >= 0.3 is 5.97 Å². The van der Waals surface area contributed by atoms with E-state index in [1.54, 1.807) is 52.0 Å². The van der Waals surface area contributed by atoms with E-state index in [0.717, 1.165) is 0 Å². The number of benzene rings is 1. The third-order valence-electron chi connectivity index (χ3n) is 2.92. The Morgan fingerprint density at radius 1 is 1.16 bits per heavy atom. The fourth-order valence-corrected chi connectivity index (χ4v) is 4.14. The Hall–Kier alpha value is -1.12. The van der Waals surface area contributed by atoms with Gasteiger partial charge in [-0.05, 0) is 39.8 Å². The van der Waals surface area contributed by atoms with E-state index in [9.17, 15) is 9.36 Å². The molecule has 1 aromatic rings. The van der Waals surface area contributed by atoms with Crippen molar-refractivity contribution in [1.82, 2.24) is 0 Å². The fraction of sp³-hybridized carbons (Fsp3) is 0.500. The van der Waals surface area contributed by atoms with Gasteiger partial charge in [0.15, 0.2) is 0 Å². The number of hydrogen-bond donors (Lipinski definition) is 0. The number of carbonyl (C=O) groups is 1. The van der Waals surface area contributed by atoms with Crippen molar-refractivity contribution in [2.45, 2.75) is 32.9 Å². The monoisotopic (exact) mass is 284 g/mol. The van der Waals surface area contributed by atoms with E-state index in [4.69, 9.17) is 9.26 Å². The molecule has 0 bridgehead atoms. The first-order chi connectivity index (χ1) is 8.90. The minimum Gasteiger partial charge on any atom is -0.465 e. The Labute approximate surface area is 114 Å². The molecular weight excluding hydrogens is 263 g/mol. The fourth-order valence-electron chi connectivity index (χ4n) is 1.79. The van der Waals surface area contributed by atoms with Crippen molar-refractivity contribution in [3.8, 4) is 0 Å². The Bertz CT molecular complexity index is 468. The van der Waals surface area contributed by atoms with Crippen LogP contribution >= 0.6 is 7.37 Å². The van der Waals surface area contributed by atoms with Gasteiger partial charge in [0.25, 0.3) is 0 Å². The summed E-state index contributed by atoms with van der Waals surface area (Å²) < 4.78 is 23.8. The van der Waals surface area contributed by atoms with Crippen LogP contribution in [0.3, 0.4) is 0 Å². The SMILES string of the molecule is CCOC(=O)C(C)(C)P(=O)(OCC)c1ccccc1. The maximum atomic E-state index is 13.2. The summed E-state index contributed by atoms with van der Waals surface area (Å²) in [5.41, 5.74) is 0. The Morgan fingerprint density at radius 3 is 2.21 bits per heavy atom. The average molecular weight is 284 g/mol. The molecule has 19 heavy (non-hydrogen) atoms. The van der Waals surface area contributed by atoms with Crippen LogP contribution in [0.4, 0.5) is 0 Å². The lowest BCUT2D eigenvalue weighted by Crippen LogP contribution is -2.38. The van der Waals surface area contributed by atoms with Crippen molar-refractivity contribution >= 4 is 18.6 Å². The van der Waals surface area contributed by atoms with Crippen LogP contribution in [0.25, 0.3) is 0 Å². The summed E-state index contributed by atoms with van der Waals surface area (Å²) in [5.74, 6) is -0.504. The Morgan fingerprint density at radius 2 is 1.74 bits per heavy atom. The predicted octanol–water partition coefficient (Wildman–Crippen LogP) is 2.97. The van der Waals surface area contributed by atoms with Gasteiger partial charge in [-0.15, -0.1) is 0 Å². The van der Waals surface area contributed by atoms with Gasteiger partial charge < -0.3 is 9.26 Å². The molecule has 0 heterocycles. The molecule has 0 amide bonds. The molecule has 0 spiro atoms. The molecule has 0 saturated heterocycles. The summed E-state index contributed by atoms with van der Waals surface area (Å²) in [5, 5.41) is -0.671. The highest BCUT2D eigenvalue weighted by Crippen LogP contribution is 2.58. The molecule has 1 rings (SSSR count). The van der Waals surface area contributed by atoms with Crippen LogP contribution in [0.2, 0.25) is 0 Å². The summed E-state index contributed by atoms with van der Waals surface area (Å²) in [6, 6.07) is 8.83. The highest BCUT2D eigenvalue weighted by molar-refractivity contribution is 7.69. The molecule has 0 radical (unpaired) electrons. The molecule has 4 nitrogen and oxygen atoms in total. The summed E-state index contributed by atoms with van der Waals surface area (Å²) in [4.78, 5) is 12.1. The van der Waals surface area contributed by atoms with Crippen LogP contribution in [-0.2, 0) is 18.6 Å². The zero-order valence-electron chi connectivity index (χ0n) is 11.9. The molecular formula is C14H21O4P. The summed E-state index contributed by atoms with van der Waals surface area (Å²) >= 11 is 0. The van der Waals surface area contributed by atoms with Crippen molar-refractivity contribution in [1.29, 1.82) is 0 Å². The molecule has 0 saturated carbocycles. The minimum atomic E-state index is -3.34. The number of rotatable bonds is 6. The van der Waals surface area contributed by atoms with Gasteiger partial charge in [-0.2, -0.15) is 0 Å². The van der Waals surface area contributed by atoms with Crippen LogP contribution in [-0.4, -0.2) is 24.3 Å². The van der Waals surface area contributed by atoms with Crippen molar-refractivity contribution in [2.24, 2.45) is 0 Å². The zero-order valence-corrected chi connectivity index (χ0v) is 12.8. The van der Waals surface area contributed by atoms with Crippen molar-refractivity contribution < 1.29 is 18.6 Å². The van der Waals surface area contributed by atoms with Crippen LogP contribution in [0.1, 0.15) is 27.7 Å². The van der Waals surface area contributed by atoms with E-state index < -0.39 is 18.5 Å². The predicted molar refractivity (Wildman–Crippen MR) is 76.0 cm³/mol. The van der Waals surface area contributed by atoms with Crippen LogP contribution in [0, 0.1) is 0 Å². The van der Waals surface area contributed by atoms with E-state index in [-0.39, 0.29) is 13.2 Å². The highest BCUT2D eigenvalue weighted by Gasteiger charge is 2.50. The lowest BCUT2D eigenvalue weighted by Gasteiger charge is -2.31. The maximum absolute atomic E-state index is 13.2. The van der Waals surface area contributed by atoms with Crippen molar-refractivity contribution in [3.63, 3.8) is 0 Å². The first kappa shape index (κ1) is 15.9. The molecule has 5 heteroatoms. The molecule has 0 aliphatic rings. The summed E-state index contributed by atoms with van der Waals surface area (Å²) in [6.45, 7) is 7.22. The normalized spacial score (nSPS) is 14.7. The first-order valence-electron chi connectivity index (χ1n) is 6.37. The Kier molecular flexibility index (Phi) is 5.33. The van der Waals surface area contributed by atoms with E-state index in [1.807, 2.05) is 6.07 Å². The molecule has 0 aliphatic carbocycles. The minimum absolute atomic E-state index is 0.253. The molecule has 106 valence electrons. The van der Waals surface area contributed by atoms with Gasteiger partial charge in [-0.3, -0.25) is 9.36 Å². The van der Waals surface area contributed by atoms with Crippen LogP contribution < -0.4 is 5.30 Å². The maximum Gasteiger partial charge on any atom is 0.321 e. The number of hydrogen-bond acceptors (Lipinski definition) is 4. The zero-order chi connectivity index (χ0) is 14.5. The summed E-state index contributed by atoms with van der Waals surface area (Å²) in [6.07, 6.45) is 0. The third kappa shape index (κ3) is 3.07. The second-order valence-electron chi connectivity index (χ2n) is 4.58. The highest BCUT2D eigenvalue weighted by atomic mass is 31.2. The van der Waals surface area contributed by atoms with Gasteiger partial charge in [-0.25, -0.2) is 0 Å². The average Bonchev–Trinajstić information content (AvgIpc) is 2.40. The van der Waals surface area contributed by atoms with E-state index in [0.29, 0.717) is 5.30 Å². The second kappa shape index (κ2) is 6.36. The topological polar surface area (TPSA) is 52.6 Å².